The molecule has 8 nitrogen and oxygen atoms in total. The zero-order valence-electron chi connectivity index (χ0n) is 23.9. The van der Waals surface area contributed by atoms with E-state index in [9.17, 15) is 27.6 Å². The fraction of sp³-hybridized carbons (Fsp3) is 0.586. The Kier molecular flexibility index (Phi) is 9.06. The van der Waals surface area contributed by atoms with Gasteiger partial charge in [0.15, 0.2) is 0 Å². The van der Waals surface area contributed by atoms with E-state index in [0.29, 0.717) is 42.9 Å². The molecule has 0 saturated heterocycles. The molecule has 1 fully saturated rings. The average Bonchev–Trinajstić information content (AvgIpc) is 2.88. The molecule has 0 bridgehead atoms. The number of halogens is 4. The van der Waals surface area contributed by atoms with Crippen LogP contribution in [0.3, 0.4) is 0 Å². The quantitative estimate of drug-likeness (QED) is 0.455. The number of amides is 2. The van der Waals surface area contributed by atoms with Gasteiger partial charge in [0.2, 0.25) is 11.9 Å². The maximum absolute atomic E-state index is 13.9. The van der Waals surface area contributed by atoms with Crippen molar-refractivity contribution in [1.29, 1.82) is 0 Å². The van der Waals surface area contributed by atoms with Crippen LogP contribution in [-0.4, -0.2) is 44.4 Å². The number of fused-ring (bicyclic) bond motifs is 1. The summed E-state index contributed by atoms with van der Waals surface area (Å²) in [5.41, 5.74) is -0.461. The largest absolute Gasteiger partial charge is 0.417 e. The van der Waals surface area contributed by atoms with Crippen molar-refractivity contribution in [1.82, 2.24) is 19.8 Å². The highest BCUT2D eigenvalue weighted by atomic mass is 35.5. The van der Waals surface area contributed by atoms with Gasteiger partial charge in [-0.1, -0.05) is 11.6 Å². The first-order valence-electron chi connectivity index (χ1n) is 14.1. The van der Waals surface area contributed by atoms with E-state index in [1.165, 1.54) is 11.0 Å². The van der Waals surface area contributed by atoms with Gasteiger partial charge in [0, 0.05) is 41.2 Å². The van der Waals surface area contributed by atoms with E-state index in [1.54, 1.807) is 11.5 Å². The number of rotatable bonds is 6. The first-order chi connectivity index (χ1) is 19.2. The van der Waals surface area contributed by atoms with Crippen LogP contribution in [0.1, 0.15) is 93.5 Å². The van der Waals surface area contributed by atoms with Crippen molar-refractivity contribution in [2.24, 2.45) is 5.92 Å². The van der Waals surface area contributed by atoms with Crippen molar-refractivity contribution in [2.75, 3.05) is 5.32 Å². The lowest BCUT2D eigenvalue weighted by Crippen LogP contribution is -2.47. The first-order valence-corrected chi connectivity index (χ1v) is 14.4. The van der Waals surface area contributed by atoms with E-state index in [0.717, 1.165) is 12.1 Å². The molecule has 1 aromatic carbocycles. The van der Waals surface area contributed by atoms with Crippen LogP contribution in [0, 0.1) is 5.92 Å². The van der Waals surface area contributed by atoms with Gasteiger partial charge >= 0.3 is 6.18 Å². The van der Waals surface area contributed by atoms with Gasteiger partial charge in [-0.25, -0.2) is 4.98 Å². The Hall–Kier alpha value is -3.08. The molecule has 2 heterocycles. The molecular formula is C29H37ClF3N5O3. The molecule has 0 unspecified atom stereocenters. The number of carbonyl (C=O) groups excluding carboxylic acids is 2. The number of hydrogen-bond donors (Lipinski definition) is 2. The smallest absolute Gasteiger partial charge is 0.354 e. The van der Waals surface area contributed by atoms with Gasteiger partial charge in [0.1, 0.15) is 0 Å². The summed E-state index contributed by atoms with van der Waals surface area (Å²) in [6.45, 7) is 9.47. The van der Waals surface area contributed by atoms with Gasteiger partial charge in [-0.15, -0.1) is 0 Å². The fourth-order valence-electron chi connectivity index (χ4n) is 5.68. The van der Waals surface area contributed by atoms with Crippen LogP contribution in [0.2, 0.25) is 5.02 Å². The third kappa shape index (κ3) is 6.71. The number of anilines is 1. The monoisotopic (exact) mass is 595 g/mol. The summed E-state index contributed by atoms with van der Waals surface area (Å²) in [7, 11) is 0. The van der Waals surface area contributed by atoms with E-state index < -0.39 is 28.7 Å². The molecule has 0 radical (unpaired) electrons. The predicted molar refractivity (Wildman–Crippen MR) is 151 cm³/mol. The molecule has 224 valence electrons. The second-order valence-corrected chi connectivity index (χ2v) is 12.1. The maximum Gasteiger partial charge on any atom is 0.417 e. The van der Waals surface area contributed by atoms with Crippen LogP contribution in [0.5, 0.6) is 0 Å². The number of hydrogen-bond acceptors (Lipinski definition) is 5. The fourth-order valence-corrected chi connectivity index (χ4v) is 5.91. The number of nitrogens with zero attached hydrogens (tertiary/aromatic N) is 3. The van der Waals surface area contributed by atoms with Crippen molar-refractivity contribution >= 4 is 29.4 Å². The van der Waals surface area contributed by atoms with Crippen molar-refractivity contribution in [3.63, 3.8) is 0 Å². The number of carbonyl (C=O) groups is 2. The van der Waals surface area contributed by atoms with E-state index in [4.69, 9.17) is 16.6 Å². The molecule has 41 heavy (non-hydrogen) atoms. The molecule has 2 N–H and O–H groups in total. The molecule has 4 rings (SSSR count). The van der Waals surface area contributed by atoms with Gasteiger partial charge in [0.25, 0.3) is 11.5 Å². The summed E-state index contributed by atoms with van der Waals surface area (Å²) in [6.07, 6.45) is -1.85. The summed E-state index contributed by atoms with van der Waals surface area (Å²) < 4.78 is 42.0. The van der Waals surface area contributed by atoms with E-state index in [-0.39, 0.29) is 54.0 Å². The Morgan fingerprint density at radius 1 is 1.07 bits per heavy atom. The number of nitrogens with one attached hydrogen (secondary N) is 2. The summed E-state index contributed by atoms with van der Waals surface area (Å²) >= 11 is 5.75. The topological polar surface area (TPSA) is 96.3 Å². The maximum atomic E-state index is 13.9. The van der Waals surface area contributed by atoms with Crippen LogP contribution in [0.4, 0.5) is 19.1 Å². The lowest BCUT2D eigenvalue weighted by molar-refractivity contribution is -0.137. The molecule has 0 spiro atoms. The van der Waals surface area contributed by atoms with Crippen molar-refractivity contribution in [2.45, 2.75) is 104 Å². The number of aromatic nitrogens is 2. The van der Waals surface area contributed by atoms with Gasteiger partial charge in [-0.2, -0.15) is 13.2 Å². The van der Waals surface area contributed by atoms with Crippen LogP contribution in [0.25, 0.3) is 0 Å². The van der Waals surface area contributed by atoms with Crippen molar-refractivity contribution < 1.29 is 22.8 Å². The van der Waals surface area contributed by atoms with Gasteiger partial charge in [-0.05, 0) is 84.9 Å². The highest BCUT2D eigenvalue weighted by Crippen LogP contribution is 2.37. The van der Waals surface area contributed by atoms with Gasteiger partial charge in [0.05, 0.1) is 22.8 Å². The van der Waals surface area contributed by atoms with Crippen LogP contribution < -0.4 is 16.2 Å². The van der Waals surface area contributed by atoms with Crippen LogP contribution in [0.15, 0.2) is 23.0 Å². The van der Waals surface area contributed by atoms with Gasteiger partial charge < -0.3 is 15.5 Å². The molecule has 2 amide bonds. The minimum absolute atomic E-state index is 0.00964. The predicted octanol–water partition coefficient (Wildman–Crippen LogP) is 5.58. The Morgan fingerprint density at radius 2 is 1.73 bits per heavy atom. The molecule has 1 atom stereocenters. The van der Waals surface area contributed by atoms with E-state index in [1.807, 2.05) is 27.7 Å². The van der Waals surface area contributed by atoms with Crippen LogP contribution in [-0.2, 0) is 23.9 Å². The van der Waals surface area contributed by atoms with E-state index in [2.05, 4.69) is 10.6 Å². The van der Waals surface area contributed by atoms with Crippen molar-refractivity contribution in [3.8, 4) is 0 Å². The molecule has 1 aromatic heterocycles. The molecule has 1 aliphatic carbocycles. The number of alkyl halides is 3. The zero-order chi connectivity index (χ0) is 30.2. The molecule has 2 aliphatic rings. The molecule has 1 aliphatic heterocycles. The molecule has 1 saturated carbocycles. The third-order valence-corrected chi connectivity index (χ3v) is 8.04. The summed E-state index contributed by atoms with van der Waals surface area (Å²) in [6, 6.07) is 2.57. The normalized spacial score (nSPS) is 21.1. The highest BCUT2D eigenvalue weighted by molar-refractivity contribution is 6.31. The Balaban J connectivity index is 1.63. The van der Waals surface area contributed by atoms with Crippen LogP contribution >= 0.6 is 11.6 Å². The molecular weight excluding hydrogens is 559 g/mol. The number of benzene rings is 1. The second kappa shape index (κ2) is 12.0. The third-order valence-electron chi connectivity index (χ3n) is 7.71. The first kappa shape index (κ1) is 30.9. The van der Waals surface area contributed by atoms with E-state index >= 15 is 0 Å². The molecule has 12 heteroatoms. The molecule has 2 aromatic rings. The average molecular weight is 596 g/mol. The Bertz CT molecular complexity index is 1370. The lowest BCUT2D eigenvalue weighted by Gasteiger charge is -2.36. The van der Waals surface area contributed by atoms with Crippen molar-refractivity contribution in [3.05, 3.63) is 56.0 Å². The summed E-state index contributed by atoms with van der Waals surface area (Å²) in [4.78, 5) is 46.1. The Morgan fingerprint density at radius 3 is 2.32 bits per heavy atom. The lowest BCUT2D eigenvalue weighted by atomic mass is 9.85. The minimum Gasteiger partial charge on any atom is -0.354 e. The summed E-state index contributed by atoms with van der Waals surface area (Å²) in [5.74, 6) is -0.252. The minimum atomic E-state index is -4.70. The van der Waals surface area contributed by atoms with Gasteiger partial charge in [-0.3, -0.25) is 19.0 Å². The Labute approximate surface area is 242 Å². The highest BCUT2D eigenvalue weighted by Gasteiger charge is 2.37. The summed E-state index contributed by atoms with van der Waals surface area (Å²) in [5, 5.41) is 5.76. The second-order valence-electron chi connectivity index (χ2n) is 11.7. The SMILES string of the molecule is CC(C)Nc1nc2c(c(=O)n1[C@H]1CC[C@H](C(=O)NC(C)C)CC1)C[C@@H](C)N(C(=O)c1ccc(Cl)c(C(F)(F)F)c1)C2. The standard InChI is InChI=1S/C29H37ClF3N5O3/c1-15(2)34-25(39)18-6-9-20(10-7-18)38-27(41)21-12-17(5)37(14-24(21)36-28(38)35-16(3)4)26(40)19-8-11-23(30)22(13-19)29(31,32)33/h8,11,13,15-18,20H,6-7,9-10,12,14H2,1-5H3,(H,34,39)(H,35,36)/t17-,18-,20-/m1/s1. The zero-order valence-corrected chi connectivity index (χ0v) is 24.7.